The molecule has 23 heavy (non-hydrogen) atoms. The number of fused-ring (bicyclic) bond motifs is 1. The van der Waals surface area contributed by atoms with Crippen LogP contribution in [-0.2, 0) is 4.74 Å². The van der Waals surface area contributed by atoms with E-state index in [1.165, 1.54) is 13.2 Å². The van der Waals surface area contributed by atoms with Crippen LogP contribution in [0.4, 0.5) is 14.9 Å². The first-order chi connectivity index (χ1) is 11.1. The molecular formula is C16H22FN3O3. The fraction of sp³-hybridized carbons (Fsp3) is 0.562. The van der Waals surface area contributed by atoms with Gasteiger partial charge >= 0.3 is 6.03 Å². The summed E-state index contributed by atoms with van der Waals surface area (Å²) in [7, 11) is 1.42. The quantitative estimate of drug-likeness (QED) is 0.900. The highest BCUT2D eigenvalue weighted by molar-refractivity contribution is 5.90. The molecule has 2 aliphatic heterocycles. The van der Waals surface area contributed by atoms with Crippen molar-refractivity contribution in [2.45, 2.75) is 13.0 Å². The number of anilines is 1. The van der Waals surface area contributed by atoms with E-state index < -0.39 is 5.82 Å². The number of hydrogen-bond donors (Lipinski definition) is 1. The first kappa shape index (κ1) is 16.0. The highest BCUT2D eigenvalue weighted by Gasteiger charge is 2.31. The van der Waals surface area contributed by atoms with E-state index in [1.54, 1.807) is 11.0 Å². The Bertz CT molecular complexity index is 596. The zero-order valence-corrected chi connectivity index (χ0v) is 13.5. The van der Waals surface area contributed by atoms with Crippen LogP contribution in [0.25, 0.3) is 0 Å². The third kappa shape index (κ3) is 3.40. The Morgan fingerprint density at radius 2 is 2.22 bits per heavy atom. The monoisotopic (exact) mass is 323 g/mol. The van der Waals surface area contributed by atoms with Crippen molar-refractivity contribution in [1.82, 2.24) is 9.80 Å². The number of nitrogens with one attached hydrogen (secondary N) is 1. The summed E-state index contributed by atoms with van der Waals surface area (Å²) < 4.78 is 24.3. The molecule has 0 bridgehead atoms. The number of benzene rings is 1. The second-order valence-electron chi connectivity index (χ2n) is 5.94. The predicted molar refractivity (Wildman–Crippen MR) is 84.5 cm³/mol. The molecule has 1 aromatic carbocycles. The van der Waals surface area contributed by atoms with Gasteiger partial charge in [-0.05, 0) is 18.6 Å². The molecule has 0 saturated carbocycles. The minimum atomic E-state index is -0.487. The summed E-state index contributed by atoms with van der Waals surface area (Å²) in [5.41, 5.74) is 1.23. The van der Waals surface area contributed by atoms with E-state index in [-0.39, 0.29) is 17.8 Å². The maximum atomic E-state index is 13.8. The molecule has 1 aromatic rings. The molecule has 1 N–H and O–H groups in total. The van der Waals surface area contributed by atoms with E-state index in [4.69, 9.17) is 9.47 Å². The van der Waals surface area contributed by atoms with Crippen molar-refractivity contribution >= 4 is 11.7 Å². The molecule has 0 spiro atoms. The number of urea groups is 1. The van der Waals surface area contributed by atoms with Gasteiger partial charge in [-0.2, -0.15) is 0 Å². The van der Waals surface area contributed by atoms with Crippen LogP contribution in [0, 0.1) is 12.7 Å². The van der Waals surface area contributed by atoms with E-state index >= 15 is 0 Å². The molecule has 2 heterocycles. The van der Waals surface area contributed by atoms with Crippen molar-refractivity contribution in [2.24, 2.45) is 0 Å². The van der Waals surface area contributed by atoms with Crippen LogP contribution in [0.2, 0.25) is 0 Å². The van der Waals surface area contributed by atoms with Crippen LogP contribution in [0.3, 0.4) is 0 Å². The van der Waals surface area contributed by atoms with E-state index in [9.17, 15) is 9.18 Å². The number of hydrogen-bond acceptors (Lipinski definition) is 4. The number of ether oxygens (including phenoxy) is 2. The molecule has 0 aromatic heterocycles. The van der Waals surface area contributed by atoms with Crippen molar-refractivity contribution in [1.29, 1.82) is 0 Å². The molecule has 3 rings (SSSR count). The summed E-state index contributed by atoms with van der Waals surface area (Å²) >= 11 is 0. The summed E-state index contributed by atoms with van der Waals surface area (Å²) in [6.07, 6.45) is 0. The maximum Gasteiger partial charge on any atom is 0.321 e. The fourth-order valence-electron chi connectivity index (χ4n) is 3.07. The molecule has 0 radical (unpaired) electrons. The van der Waals surface area contributed by atoms with Crippen LogP contribution in [0.5, 0.6) is 5.75 Å². The number of amides is 2. The lowest BCUT2D eigenvalue weighted by molar-refractivity contribution is -0.0355. The number of piperazine rings is 1. The molecule has 6 nitrogen and oxygen atoms in total. The van der Waals surface area contributed by atoms with Crippen molar-refractivity contribution in [2.75, 3.05) is 51.8 Å². The number of aryl methyl sites for hydroxylation is 1. The average Bonchev–Trinajstić information content (AvgIpc) is 2.57. The number of morpholine rings is 1. The van der Waals surface area contributed by atoms with Crippen LogP contribution in [0.1, 0.15) is 5.56 Å². The van der Waals surface area contributed by atoms with Gasteiger partial charge in [0.25, 0.3) is 0 Å². The zero-order valence-electron chi connectivity index (χ0n) is 13.5. The van der Waals surface area contributed by atoms with Gasteiger partial charge in [0.1, 0.15) is 0 Å². The SMILES string of the molecule is COc1cc(C)c(NC(=O)N2CCN3CCOC[C@H]3C2)cc1F. The second kappa shape index (κ2) is 6.72. The van der Waals surface area contributed by atoms with Crippen molar-refractivity contribution in [3.05, 3.63) is 23.5 Å². The van der Waals surface area contributed by atoms with Gasteiger partial charge in [-0.25, -0.2) is 9.18 Å². The molecule has 2 saturated heterocycles. The van der Waals surface area contributed by atoms with Crippen LogP contribution >= 0.6 is 0 Å². The Kier molecular flexibility index (Phi) is 4.68. The Morgan fingerprint density at radius 1 is 1.39 bits per heavy atom. The third-order valence-corrected chi connectivity index (χ3v) is 4.47. The van der Waals surface area contributed by atoms with E-state index in [2.05, 4.69) is 10.2 Å². The Morgan fingerprint density at radius 3 is 3.00 bits per heavy atom. The minimum absolute atomic E-state index is 0.175. The third-order valence-electron chi connectivity index (χ3n) is 4.47. The smallest absolute Gasteiger partial charge is 0.321 e. The van der Waals surface area contributed by atoms with Gasteiger partial charge < -0.3 is 19.7 Å². The lowest BCUT2D eigenvalue weighted by atomic mass is 10.1. The number of rotatable bonds is 2. The predicted octanol–water partition coefficient (Wildman–Crippen LogP) is 1.69. The molecule has 7 heteroatoms. The first-order valence-corrected chi connectivity index (χ1v) is 7.80. The Hall–Kier alpha value is -1.86. The summed E-state index contributed by atoms with van der Waals surface area (Å²) in [4.78, 5) is 16.6. The second-order valence-corrected chi connectivity index (χ2v) is 5.94. The molecule has 2 amide bonds. The van der Waals surface area contributed by atoms with E-state index in [0.29, 0.717) is 25.4 Å². The van der Waals surface area contributed by atoms with E-state index in [1.807, 2.05) is 6.92 Å². The number of nitrogens with zero attached hydrogens (tertiary/aromatic N) is 2. The molecule has 0 aliphatic carbocycles. The van der Waals surface area contributed by atoms with Crippen molar-refractivity contribution < 1.29 is 18.7 Å². The van der Waals surface area contributed by atoms with Gasteiger partial charge in [-0.15, -0.1) is 0 Å². The summed E-state index contributed by atoms with van der Waals surface area (Å²) in [5, 5.41) is 2.80. The van der Waals surface area contributed by atoms with Crippen LogP contribution in [-0.4, -0.2) is 68.4 Å². The normalized spacial score (nSPS) is 21.7. The summed E-state index contributed by atoms with van der Waals surface area (Å²) in [6.45, 7) is 6.28. The van der Waals surface area contributed by atoms with Gasteiger partial charge in [0, 0.05) is 37.9 Å². The zero-order chi connectivity index (χ0) is 16.4. The topological polar surface area (TPSA) is 54.0 Å². The molecule has 126 valence electrons. The lowest BCUT2D eigenvalue weighted by Gasteiger charge is -2.43. The van der Waals surface area contributed by atoms with Gasteiger partial charge in [0.15, 0.2) is 11.6 Å². The van der Waals surface area contributed by atoms with Gasteiger partial charge in [0.2, 0.25) is 0 Å². The van der Waals surface area contributed by atoms with E-state index in [0.717, 1.165) is 25.3 Å². The van der Waals surface area contributed by atoms with Crippen LogP contribution < -0.4 is 10.1 Å². The standard InChI is InChI=1S/C16H22FN3O3/c1-11-7-15(22-2)13(17)8-14(11)18-16(21)20-4-3-19-5-6-23-10-12(19)9-20/h7-8,12H,3-6,9-10H2,1-2H3,(H,18,21)/t12-/m1/s1. The minimum Gasteiger partial charge on any atom is -0.494 e. The van der Waals surface area contributed by atoms with Gasteiger partial charge in [0.05, 0.1) is 26.4 Å². The fourth-order valence-corrected chi connectivity index (χ4v) is 3.07. The molecule has 1 atom stereocenters. The highest BCUT2D eigenvalue weighted by atomic mass is 19.1. The number of carbonyl (C=O) groups excluding carboxylic acids is 1. The van der Waals surface area contributed by atoms with Gasteiger partial charge in [-0.1, -0.05) is 0 Å². The Balaban J connectivity index is 1.66. The lowest BCUT2D eigenvalue weighted by Crippen LogP contribution is -2.59. The average molecular weight is 323 g/mol. The molecule has 0 unspecified atom stereocenters. The number of halogens is 1. The maximum absolute atomic E-state index is 13.8. The number of methoxy groups -OCH3 is 1. The molecule has 2 aliphatic rings. The molecular weight excluding hydrogens is 301 g/mol. The largest absolute Gasteiger partial charge is 0.494 e. The molecule has 2 fully saturated rings. The van der Waals surface area contributed by atoms with Crippen molar-refractivity contribution in [3.63, 3.8) is 0 Å². The van der Waals surface area contributed by atoms with Gasteiger partial charge in [-0.3, -0.25) is 4.90 Å². The number of carbonyl (C=O) groups is 1. The highest BCUT2D eigenvalue weighted by Crippen LogP contribution is 2.25. The summed E-state index contributed by atoms with van der Waals surface area (Å²) in [5.74, 6) is -0.313. The summed E-state index contributed by atoms with van der Waals surface area (Å²) in [6, 6.07) is 2.92. The van der Waals surface area contributed by atoms with Crippen LogP contribution in [0.15, 0.2) is 12.1 Å². The van der Waals surface area contributed by atoms with Crippen molar-refractivity contribution in [3.8, 4) is 5.75 Å². The first-order valence-electron chi connectivity index (χ1n) is 7.80. The Labute approximate surface area is 135 Å².